The molecule has 1 atom stereocenters. The quantitative estimate of drug-likeness (QED) is 0.218. The second-order valence-corrected chi connectivity index (χ2v) is 9.51. The fraction of sp³-hybridized carbons (Fsp3) is 0.152. The van der Waals surface area contributed by atoms with Crippen LogP contribution in [0, 0.1) is 31.8 Å². The van der Waals surface area contributed by atoms with E-state index in [0.29, 0.717) is 17.8 Å². The third kappa shape index (κ3) is 4.46. The summed E-state index contributed by atoms with van der Waals surface area (Å²) in [6.45, 7) is 13.8. The van der Waals surface area contributed by atoms with E-state index in [2.05, 4.69) is 71.8 Å². The topological polar surface area (TPSA) is 42.3 Å². The Kier molecular flexibility index (Phi) is 6.26. The zero-order valence-electron chi connectivity index (χ0n) is 21.2. The summed E-state index contributed by atoms with van der Waals surface area (Å²) in [5, 5.41) is 10.7. The van der Waals surface area contributed by atoms with Crippen molar-refractivity contribution in [1.82, 2.24) is 4.57 Å². The zero-order valence-corrected chi connectivity index (χ0v) is 21.2. The van der Waals surface area contributed by atoms with Crippen LogP contribution in [0.25, 0.3) is 27.5 Å². The van der Waals surface area contributed by atoms with E-state index in [0.717, 1.165) is 16.8 Å². The monoisotopic (exact) mass is 481 g/mol. The van der Waals surface area contributed by atoms with Gasteiger partial charge in [-0.05, 0) is 79.5 Å². The molecule has 2 heterocycles. The molecule has 180 valence electrons. The number of hydrogen-bond acceptors (Lipinski definition) is 2. The minimum absolute atomic E-state index is 0.103. The molecule has 0 N–H and O–H groups in total. The van der Waals surface area contributed by atoms with Gasteiger partial charge < -0.3 is 9.30 Å². The van der Waals surface area contributed by atoms with Crippen molar-refractivity contribution < 1.29 is 4.74 Å². The Bertz CT molecular complexity index is 1640. The molecule has 5 rings (SSSR count). The number of nitriles is 1. The molecule has 4 heteroatoms. The number of nitrogens with zero attached hydrogens (tertiary/aromatic N) is 3. The van der Waals surface area contributed by atoms with Gasteiger partial charge in [0.05, 0.1) is 18.2 Å². The lowest BCUT2D eigenvalue weighted by atomic mass is 9.85. The minimum atomic E-state index is -0.678. The molecule has 0 amide bonds. The molecular formula is C33H27N3O. The van der Waals surface area contributed by atoms with Gasteiger partial charge in [-0.25, -0.2) is 10.1 Å². The molecule has 0 bridgehead atoms. The Morgan fingerprint density at radius 3 is 2.41 bits per heavy atom. The molecule has 0 saturated carbocycles. The van der Waals surface area contributed by atoms with E-state index < -0.39 is 5.60 Å². The fourth-order valence-corrected chi connectivity index (χ4v) is 5.05. The summed E-state index contributed by atoms with van der Waals surface area (Å²) in [4.78, 5) is 3.46. The zero-order chi connectivity index (χ0) is 26.0. The van der Waals surface area contributed by atoms with E-state index in [4.69, 9.17) is 11.3 Å². The van der Waals surface area contributed by atoms with E-state index >= 15 is 0 Å². The van der Waals surface area contributed by atoms with Crippen LogP contribution >= 0.6 is 0 Å². The van der Waals surface area contributed by atoms with Crippen molar-refractivity contribution in [3.05, 3.63) is 142 Å². The summed E-state index contributed by atoms with van der Waals surface area (Å²) in [6.07, 6.45) is 6.23. The SMILES string of the molecule is [C-]#[N+]C(C#N)=C1C=C(C=Cc2ccc3c(c2)c(C)c(C)n3-c2ccccc2)OC(C)(c2ccccc2)C1. The first kappa shape index (κ1) is 23.9. The molecule has 0 saturated heterocycles. The van der Waals surface area contributed by atoms with Crippen LogP contribution in [0.15, 0.2) is 108 Å². The number of aromatic nitrogens is 1. The third-order valence-corrected chi connectivity index (χ3v) is 7.09. The number of aryl methyl sites for hydroxylation is 1. The predicted octanol–water partition coefficient (Wildman–Crippen LogP) is 8.18. The number of para-hydroxylation sites is 1. The molecule has 1 aliphatic rings. The van der Waals surface area contributed by atoms with Crippen molar-refractivity contribution in [3.8, 4) is 11.8 Å². The van der Waals surface area contributed by atoms with Gasteiger partial charge in [-0.3, -0.25) is 0 Å². The predicted molar refractivity (Wildman–Crippen MR) is 149 cm³/mol. The summed E-state index contributed by atoms with van der Waals surface area (Å²) in [6, 6.07) is 28.9. The lowest BCUT2D eigenvalue weighted by Crippen LogP contribution is -2.29. The molecule has 0 aliphatic carbocycles. The Hall–Kier alpha value is -4.80. The fourth-order valence-electron chi connectivity index (χ4n) is 5.05. The first-order chi connectivity index (χ1) is 17.9. The average Bonchev–Trinajstić information content (AvgIpc) is 3.18. The minimum Gasteiger partial charge on any atom is -0.483 e. The Balaban J connectivity index is 1.54. The first-order valence-corrected chi connectivity index (χ1v) is 12.3. The molecule has 0 spiro atoms. The van der Waals surface area contributed by atoms with Gasteiger partial charge in [0.25, 0.3) is 5.70 Å². The van der Waals surface area contributed by atoms with Crippen LogP contribution in [-0.4, -0.2) is 4.57 Å². The van der Waals surface area contributed by atoms with Gasteiger partial charge in [0.1, 0.15) is 11.4 Å². The number of hydrogen-bond donors (Lipinski definition) is 0. The standard InChI is InChI=1S/C33H27N3O/c1-23-24(2)36(28-13-9-6-10-14-28)32-18-16-25(19-30(23)32)15-17-29-20-26(31(22-34)35-4)21-33(3,37-29)27-11-7-5-8-12-27/h5-20H,21H2,1-3H3. The van der Waals surface area contributed by atoms with Gasteiger partial charge >= 0.3 is 0 Å². The molecule has 1 aromatic heterocycles. The largest absolute Gasteiger partial charge is 0.483 e. The molecule has 0 fully saturated rings. The smallest absolute Gasteiger partial charge is 0.265 e. The number of allylic oxidation sites excluding steroid dienone is 3. The maximum Gasteiger partial charge on any atom is 0.265 e. The highest BCUT2D eigenvalue weighted by molar-refractivity contribution is 5.89. The number of ether oxygens (including phenoxy) is 1. The van der Waals surface area contributed by atoms with E-state index in [1.165, 1.54) is 22.2 Å². The van der Waals surface area contributed by atoms with Crippen LogP contribution in [-0.2, 0) is 10.3 Å². The summed E-state index contributed by atoms with van der Waals surface area (Å²) in [5.41, 5.74) is 6.96. The van der Waals surface area contributed by atoms with Crippen LogP contribution in [0.1, 0.15) is 35.7 Å². The average molecular weight is 482 g/mol. The van der Waals surface area contributed by atoms with Crippen molar-refractivity contribution in [2.24, 2.45) is 0 Å². The van der Waals surface area contributed by atoms with Crippen molar-refractivity contribution in [2.75, 3.05) is 0 Å². The molecule has 4 nitrogen and oxygen atoms in total. The molecule has 4 aromatic rings. The van der Waals surface area contributed by atoms with Crippen molar-refractivity contribution in [3.63, 3.8) is 0 Å². The number of rotatable bonds is 4. The lowest BCUT2D eigenvalue weighted by Gasteiger charge is -2.36. The van der Waals surface area contributed by atoms with E-state index in [-0.39, 0.29) is 5.70 Å². The van der Waals surface area contributed by atoms with Crippen LogP contribution < -0.4 is 0 Å². The molecule has 37 heavy (non-hydrogen) atoms. The number of fused-ring (bicyclic) bond motifs is 1. The maximum absolute atomic E-state index is 9.53. The summed E-state index contributed by atoms with van der Waals surface area (Å²) >= 11 is 0. The van der Waals surface area contributed by atoms with Crippen molar-refractivity contribution in [1.29, 1.82) is 5.26 Å². The molecular weight excluding hydrogens is 454 g/mol. The maximum atomic E-state index is 9.53. The highest BCUT2D eigenvalue weighted by Gasteiger charge is 2.34. The Morgan fingerprint density at radius 2 is 1.73 bits per heavy atom. The first-order valence-electron chi connectivity index (χ1n) is 12.3. The highest BCUT2D eigenvalue weighted by Crippen LogP contribution is 2.40. The van der Waals surface area contributed by atoms with Gasteiger partial charge in [0.2, 0.25) is 0 Å². The van der Waals surface area contributed by atoms with Crippen molar-refractivity contribution in [2.45, 2.75) is 32.8 Å². The van der Waals surface area contributed by atoms with Gasteiger partial charge in [-0.15, -0.1) is 0 Å². The van der Waals surface area contributed by atoms with E-state index in [9.17, 15) is 5.26 Å². The highest BCUT2D eigenvalue weighted by atomic mass is 16.5. The third-order valence-electron chi connectivity index (χ3n) is 7.09. The summed E-state index contributed by atoms with van der Waals surface area (Å²) in [7, 11) is 0. The van der Waals surface area contributed by atoms with Gasteiger partial charge in [-0.2, -0.15) is 0 Å². The van der Waals surface area contributed by atoms with Crippen LogP contribution in [0.3, 0.4) is 0 Å². The van der Waals surface area contributed by atoms with Crippen molar-refractivity contribution >= 4 is 17.0 Å². The van der Waals surface area contributed by atoms with Gasteiger partial charge in [0, 0.05) is 23.2 Å². The Morgan fingerprint density at radius 1 is 1.03 bits per heavy atom. The van der Waals surface area contributed by atoms with Crippen LogP contribution in [0.2, 0.25) is 0 Å². The lowest BCUT2D eigenvalue weighted by molar-refractivity contribution is 0.0143. The van der Waals surface area contributed by atoms with E-state index in [1.807, 2.05) is 61.5 Å². The molecule has 1 unspecified atom stereocenters. The molecule has 0 radical (unpaired) electrons. The normalized spacial score (nSPS) is 18.7. The molecule has 1 aliphatic heterocycles. The summed E-state index contributed by atoms with van der Waals surface area (Å²) in [5.74, 6) is 0.624. The van der Waals surface area contributed by atoms with Crippen LogP contribution in [0.4, 0.5) is 0 Å². The van der Waals surface area contributed by atoms with Gasteiger partial charge in [0.15, 0.2) is 0 Å². The van der Waals surface area contributed by atoms with Gasteiger partial charge in [-0.1, -0.05) is 60.7 Å². The Labute approximate surface area is 217 Å². The molecule has 3 aromatic carbocycles. The summed E-state index contributed by atoms with van der Waals surface area (Å²) < 4.78 is 8.76. The second-order valence-electron chi connectivity index (χ2n) is 9.51. The number of benzene rings is 3. The van der Waals surface area contributed by atoms with E-state index in [1.54, 1.807) is 0 Å². The van der Waals surface area contributed by atoms with Crippen LogP contribution in [0.5, 0.6) is 0 Å². The second kappa shape index (κ2) is 9.69.